The summed E-state index contributed by atoms with van der Waals surface area (Å²) in [6.07, 6.45) is 0. The van der Waals surface area contributed by atoms with Crippen LogP contribution in [0.5, 0.6) is 0 Å². The zero-order chi connectivity index (χ0) is 14.9. The van der Waals surface area contributed by atoms with Crippen molar-refractivity contribution in [1.82, 2.24) is 0 Å². The summed E-state index contributed by atoms with van der Waals surface area (Å²) < 4.78 is 6.06. The summed E-state index contributed by atoms with van der Waals surface area (Å²) in [5.74, 6) is 1.08. The lowest BCUT2D eigenvalue weighted by atomic mass is 10.2. The number of nitrogens with one attached hydrogen (secondary N) is 1. The maximum absolute atomic E-state index is 12.2. The summed E-state index contributed by atoms with van der Waals surface area (Å²) >= 11 is 8.29. The number of carbonyl (C=O) groups is 1. The molecule has 6 heteroatoms. The maximum atomic E-state index is 12.2. The summed E-state index contributed by atoms with van der Waals surface area (Å²) in [4.78, 5) is 12.5. The van der Waals surface area contributed by atoms with Gasteiger partial charge in [-0.2, -0.15) is 0 Å². The summed E-state index contributed by atoms with van der Waals surface area (Å²) in [5.41, 5.74) is 7.46. The fourth-order valence-electron chi connectivity index (χ4n) is 1.82. The molecule has 0 bridgehead atoms. The average Bonchev–Trinajstić information content (AvgIpc) is 2.70. The number of furan rings is 1. The standard InChI is InChI=1S/C14H13BrN2O2S/c1-7-5-10(8(2)19-7)14(18)17-12-4-3-9(13(16)20)6-11(12)15/h3-6H,1-2H3,(H2,16,20)(H,17,18). The zero-order valence-corrected chi connectivity index (χ0v) is 13.4. The van der Waals surface area contributed by atoms with Crippen molar-refractivity contribution < 1.29 is 9.21 Å². The molecular formula is C14H13BrN2O2S. The average molecular weight is 353 g/mol. The topological polar surface area (TPSA) is 68.3 Å². The Bertz CT molecular complexity index is 694. The van der Waals surface area contributed by atoms with Crippen LogP contribution in [0.3, 0.4) is 0 Å². The van der Waals surface area contributed by atoms with Crippen LogP contribution in [0.4, 0.5) is 5.69 Å². The molecule has 0 saturated carbocycles. The van der Waals surface area contributed by atoms with E-state index in [1.54, 1.807) is 38.1 Å². The number of aryl methyl sites for hydroxylation is 2. The van der Waals surface area contributed by atoms with E-state index < -0.39 is 0 Å². The van der Waals surface area contributed by atoms with Crippen molar-refractivity contribution in [2.45, 2.75) is 13.8 Å². The Balaban J connectivity index is 2.24. The molecule has 0 radical (unpaired) electrons. The fraction of sp³-hybridized carbons (Fsp3) is 0.143. The van der Waals surface area contributed by atoms with Gasteiger partial charge >= 0.3 is 0 Å². The molecule has 0 spiro atoms. The van der Waals surface area contributed by atoms with E-state index in [1.807, 2.05) is 0 Å². The van der Waals surface area contributed by atoms with Gasteiger partial charge in [0.05, 0.1) is 11.3 Å². The molecule has 2 aromatic rings. The normalized spacial score (nSPS) is 10.3. The van der Waals surface area contributed by atoms with Gasteiger partial charge in [0.25, 0.3) is 5.91 Å². The highest BCUT2D eigenvalue weighted by molar-refractivity contribution is 9.10. The van der Waals surface area contributed by atoms with Crippen molar-refractivity contribution >= 4 is 44.7 Å². The van der Waals surface area contributed by atoms with Crippen LogP contribution in [-0.4, -0.2) is 10.9 Å². The number of thiocarbonyl (C=S) groups is 1. The zero-order valence-electron chi connectivity index (χ0n) is 11.0. The van der Waals surface area contributed by atoms with Crippen LogP contribution < -0.4 is 11.1 Å². The molecule has 0 atom stereocenters. The highest BCUT2D eigenvalue weighted by Gasteiger charge is 2.15. The molecule has 1 amide bonds. The monoisotopic (exact) mass is 352 g/mol. The SMILES string of the molecule is Cc1cc(C(=O)Nc2ccc(C(N)=S)cc2Br)c(C)o1. The molecule has 4 nitrogen and oxygen atoms in total. The Morgan fingerprint density at radius 3 is 2.55 bits per heavy atom. The largest absolute Gasteiger partial charge is 0.466 e. The first-order valence-electron chi connectivity index (χ1n) is 5.86. The molecule has 1 aromatic heterocycles. The van der Waals surface area contributed by atoms with E-state index in [9.17, 15) is 4.79 Å². The number of hydrogen-bond donors (Lipinski definition) is 2. The van der Waals surface area contributed by atoms with Gasteiger partial charge in [0.2, 0.25) is 0 Å². The summed E-state index contributed by atoms with van der Waals surface area (Å²) in [6, 6.07) is 6.99. The van der Waals surface area contributed by atoms with Crippen molar-refractivity contribution in [2.75, 3.05) is 5.32 Å². The molecule has 104 valence electrons. The van der Waals surface area contributed by atoms with E-state index in [2.05, 4.69) is 21.2 Å². The van der Waals surface area contributed by atoms with E-state index in [4.69, 9.17) is 22.4 Å². The highest BCUT2D eigenvalue weighted by atomic mass is 79.9. The van der Waals surface area contributed by atoms with E-state index in [0.29, 0.717) is 32.2 Å². The Hall–Kier alpha value is -1.66. The van der Waals surface area contributed by atoms with Gasteiger partial charge in [-0.15, -0.1) is 0 Å². The first-order valence-corrected chi connectivity index (χ1v) is 7.06. The van der Waals surface area contributed by atoms with Gasteiger partial charge in [-0.1, -0.05) is 12.2 Å². The van der Waals surface area contributed by atoms with E-state index >= 15 is 0 Å². The molecule has 0 aliphatic heterocycles. The minimum Gasteiger partial charge on any atom is -0.466 e. The number of halogens is 1. The fourth-order valence-corrected chi connectivity index (χ4v) is 2.42. The van der Waals surface area contributed by atoms with Gasteiger partial charge in [0, 0.05) is 10.0 Å². The molecule has 1 heterocycles. The second-order valence-corrected chi connectivity index (χ2v) is 5.63. The lowest BCUT2D eigenvalue weighted by Gasteiger charge is -2.08. The summed E-state index contributed by atoms with van der Waals surface area (Å²) in [5, 5.41) is 2.82. The molecule has 0 aliphatic carbocycles. The second-order valence-electron chi connectivity index (χ2n) is 4.34. The van der Waals surface area contributed by atoms with Crippen LogP contribution in [-0.2, 0) is 0 Å². The first kappa shape index (κ1) is 14.7. The predicted octanol–water partition coefficient (Wildman–Crippen LogP) is 3.55. The number of anilines is 1. The van der Waals surface area contributed by atoms with Gasteiger partial charge in [-0.05, 0) is 54.0 Å². The number of nitrogens with two attached hydrogens (primary N) is 1. The minimum absolute atomic E-state index is 0.219. The van der Waals surface area contributed by atoms with Crippen molar-refractivity contribution in [2.24, 2.45) is 5.73 Å². The van der Waals surface area contributed by atoms with Crippen LogP contribution in [0, 0.1) is 13.8 Å². The molecule has 1 aromatic carbocycles. The van der Waals surface area contributed by atoms with Crippen LogP contribution in [0.2, 0.25) is 0 Å². The van der Waals surface area contributed by atoms with Gasteiger partial charge < -0.3 is 15.5 Å². The number of benzene rings is 1. The van der Waals surface area contributed by atoms with Crippen molar-refractivity contribution in [1.29, 1.82) is 0 Å². The third-order valence-electron chi connectivity index (χ3n) is 2.79. The quantitative estimate of drug-likeness (QED) is 0.829. The Morgan fingerprint density at radius 2 is 2.05 bits per heavy atom. The van der Waals surface area contributed by atoms with E-state index in [1.165, 1.54) is 0 Å². The van der Waals surface area contributed by atoms with Gasteiger partial charge in [-0.25, -0.2) is 0 Å². The van der Waals surface area contributed by atoms with Crippen LogP contribution in [0.25, 0.3) is 0 Å². The predicted molar refractivity (Wildman–Crippen MR) is 86.2 cm³/mol. The maximum Gasteiger partial charge on any atom is 0.259 e. The van der Waals surface area contributed by atoms with Crippen LogP contribution in [0.1, 0.15) is 27.4 Å². The van der Waals surface area contributed by atoms with Crippen molar-refractivity contribution in [3.05, 3.63) is 51.4 Å². The Labute approximate surface area is 130 Å². The Kier molecular flexibility index (Phi) is 4.25. The molecule has 20 heavy (non-hydrogen) atoms. The minimum atomic E-state index is -0.219. The Morgan fingerprint density at radius 1 is 1.35 bits per heavy atom. The lowest BCUT2D eigenvalue weighted by Crippen LogP contribution is -2.13. The lowest BCUT2D eigenvalue weighted by molar-refractivity contribution is 0.102. The van der Waals surface area contributed by atoms with Crippen molar-refractivity contribution in [3.8, 4) is 0 Å². The number of rotatable bonds is 3. The third kappa shape index (κ3) is 3.08. The number of amides is 1. The molecule has 3 N–H and O–H groups in total. The van der Waals surface area contributed by atoms with Gasteiger partial charge in [-0.3, -0.25) is 4.79 Å². The first-order chi connectivity index (χ1) is 9.38. The summed E-state index contributed by atoms with van der Waals surface area (Å²) in [7, 11) is 0. The summed E-state index contributed by atoms with van der Waals surface area (Å²) in [6.45, 7) is 3.56. The molecular weight excluding hydrogens is 340 g/mol. The third-order valence-corrected chi connectivity index (χ3v) is 3.68. The molecule has 2 rings (SSSR count). The van der Waals surface area contributed by atoms with E-state index in [0.717, 1.165) is 5.56 Å². The smallest absolute Gasteiger partial charge is 0.259 e. The molecule has 0 aliphatic rings. The number of hydrogen-bond acceptors (Lipinski definition) is 3. The van der Waals surface area contributed by atoms with Gasteiger partial charge in [0.1, 0.15) is 16.5 Å². The highest BCUT2D eigenvalue weighted by Crippen LogP contribution is 2.25. The van der Waals surface area contributed by atoms with E-state index in [-0.39, 0.29) is 5.91 Å². The molecule has 0 unspecified atom stereocenters. The van der Waals surface area contributed by atoms with Gasteiger partial charge in [0.15, 0.2) is 0 Å². The van der Waals surface area contributed by atoms with Crippen molar-refractivity contribution in [3.63, 3.8) is 0 Å². The molecule has 0 fully saturated rings. The number of carbonyl (C=O) groups excluding carboxylic acids is 1. The van der Waals surface area contributed by atoms with Crippen LogP contribution in [0.15, 0.2) is 33.2 Å². The molecule has 0 saturated heterocycles. The second kappa shape index (κ2) is 5.76. The van der Waals surface area contributed by atoms with Crippen LogP contribution >= 0.6 is 28.1 Å².